The monoisotopic (exact) mass is 309 g/mol. The van der Waals surface area contributed by atoms with Crippen LogP contribution in [0, 0.1) is 0 Å². The maximum atomic E-state index is 12.9. The zero-order valence-corrected chi connectivity index (χ0v) is 13.3. The number of hydrogen-bond donors (Lipinski definition) is 1. The molecule has 2 N–H and O–H groups in total. The van der Waals surface area contributed by atoms with E-state index in [0.717, 1.165) is 18.7 Å². The van der Waals surface area contributed by atoms with Crippen molar-refractivity contribution in [1.29, 1.82) is 0 Å². The molecule has 1 saturated carbocycles. The molecule has 0 spiro atoms. The molecule has 1 aliphatic heterocycles. The highest BCUT2D eigenvalue weighted by Crippen LogP contribution is 2.29. The van der Waals surface area contributed by atoms with E-state index >= 15 is 0 Å². The molecule has 3 rings (SSSR count). The summed E-state index contributed by atoms with van der Waals surface area (Å²) in [7, 11) is -3.43. The number of hydrogen-bond acceptors (Lipinski definition) is 4. The molecule has 1 heterocycles. The van der Waals surface area contributed by atoms with Gasteiger partial charge < -0.3 is 5.73 Å². The van der Waals surface area contributed by atoms with Gasteiger partial charge in [0.2, 0.25) is 10.0 Å². The summed E-state index contributed by atoms with van der Waals surface area (Å²) in [5.74, 6) is 0. The second-order valence-corrected chi connectivity index (χ2v) is 7.80. The first kappa shape index (κ1) is 14.8. The predicted molar refractivity (Wildman–Crippen MR) is 83.6 cm³/mol. The van der Waals surface area contributed by atoms with Gasteiger partial charge in [0.25, 0.3) is 0 Å². The van der Waals surface area contributed by atoms with E-state index in [4.69, 9.17) is 5.73 Å². The SMILES string of the molecule is CCc1ccc(N)cc1S(=O)(=O)N1CCN(C2CC2)CC1. The average molecular weight is 309 g/mol. The summed E-state index contributed by atoms with van der Waals surface area (Å²) in [6.07, 6.45) is 3.22. The lowest BCUT2D eigenvalue weighted by Crippen LogP contribution is -2.49. The summed E-state index contributed by atoms with van der Waals surface area (Å²) < 4.78 is 27.3. The molecular weight excluding hydrogens is 286 g/mol. The van der Waals surface area contributed by atoms with Gasteiger partial charge in [-0.05, 0) is 37.0 Å². The second kappa shape index (κ2) is 5.59. The summed E-state index contributed by atoms with van der Waals surface area (Å²) in [5.41, 5.74) is 7.13. The Morgan fingerprint density at radius 2 is 1.86 bits per heavy atom. The van der Waals surface area contributed by atoms with Gasteiger partial charge in [-0.25, -0.2) is 8.42 Å². The van der Waals surface area contributed by atoms with Crippen LogP contribution >= 0.6 is 0 Å². The Hall–Kier alpha value is -1.11. The summed E-state index contributed by atoms with van der Waals surface area (Å²) in [5, 5.41) is 0. The van der Waals surface area contributed by atoms with Crippen LogP contribution in [-0.2, 0) is 16.4 Å². The molecule has 0 radical (unpaired) electrons. The molecule has 2 aliphatic rings. The van der Waals surface area contributed by atoms with E-state index in [9.17, 15) is 8.42 Å². The minimum absolute atomic E-state index is 0.380. The molecule has 1 aliphatic carbocycles. The largest absolute Gasteiger partial charge is 0.399 e. The highest BCUT2D eigenvalue weighted by atomic mass is 32.2. The number of benzene rings is 1. The number of nitrogens with two attached hydrogens (primary N) is 1. The van der Waals surface area contributed by atoms with E-state index in [1.165, 1.54) is 12.8 Å². The molecule has 1 saturated heterocycles. The van der Waals surface area contributed by atoms with Crippen LogP contribution in [0.2, 0.25) is 0 Å². The molecular formula is C15H23N3O2S. The number of nitrogen functional groups attached to an aromatic ring is 1. The Morgan fingerprint density at radius 1 is 1.19 bits per heavy atom. The van der Waals surface area contributed by atoms with Crippen molar-refractivity contribution < 1.29 is 8.42 Å². The number of nitrogens with zero attached hydrogens (tertiary/aromatic N) is 2. The lowest BCUT2D eigenvalue weighted by Gasteiger charge is -2.34. The van der Waals surface area contributed by atoms with Crippen molar-refractivity contribution >= 4 is 15.7 Å². The first-order valence-corrected chi connectivity index (χ1v) is 9.09. The van der Waals surface area contributed by atoms with Gasteiger partial charge in [0.05, 0.1) is 4.90 Å². The molecule has 0 aromatic heterocycles. The standard InChI is InChI=1S/C15H23N3O2S/c1-2-12-3-4-13(16)11-15(12)21(19,20)18-9-7-17(8-10-18)14-5-6-14/h3-4,11,14H,2,5-10,16H2,1H3. The predicted octanol–water partition coefficient (Wildman–Crippen LogP) is 1.30. The lowest BCUT2D eigenvalue weighted by molar-refractivity contribution is 0.180. The first-order chi connectivity index (χ1) is 10.0. The van der Waals surface area contributed by atoms with Gasteiger partial charge >= 0.3 is 0 Å². The van der Waals surface area contributed by atoms with Gasteiger partial charge in [0.1, 0.15) is 0 Å². The molecule has 1 aromatic carbocycles. The van der Waals surface area contributed by atoms with E-state index in [-0.39, 0.29) is 0 Å². The third kappa shape index (κ3) is 2.93. The number of piperazine rings is 1. The number of sulfonamides is 1. The van der Waals surface area contributed by atoms with Crippen molar-refractivity contribution in [3.05, 3.63) is 23.8 Å². The Kier molecular flexibility index (Phi) is 3.94. The van der Waals surface area contributed by atoms with Gasteiger partial charge in [-0.2, -0.15) is 4.31 Å². The van der Waals surface area contributed by atoms with Crippen molar-refractivity contribution in [2.75, 3.05) is 31.9 Å². The van der Waals surface area contributed by atoms with E-state index < -0.39 is 10.0 Å². The third-order valence-electron chi connectivity index (χ3n) is 4.43. The van der Waals surface area contributed by atoms with Crippen molar-refractivity contribution in [2.45, 2.75) is 37.1 Å². The summed E-state index contributed by atoms with van der Waals surface area (Å²) in [4.78, 5) is 2.79. The number of anilines is 1. The Balaban J connectivity index is 1.82. The van der Waals surface area contributed by atoms with E-state index in [2.05, 4.69) is 4.90 Å². The summed E-state index contributed by atoms with van der Waals surface area (Å²) in [6, 6.07) is 5.89. The van der Waals surface area contributed by atoms with E-state index in [1.54, 1.807) is 16.4 Å². The van der Waals surface area contributed by atoms with Crippen molar-refractivity contribution in [3.8, 4) is 0 Å². The van der Waals surface area contributed by atoms with Gasteiger partial charge in [-0.1, -0.05) is 13.0 Å². The van der Waals surface area contributed by atoms with Crippen LogP contribution < -0.4 is 5.73 Å². The van der Waals surface area contributed by atoms with Crippen molar-refractivity contribution in [2.24, 2.45) is 0 Å². The fourth-order valence-corrected chi connectivity index (χ4v) is 4.74. The second-order valence-electron chi connectivity index (χ2n) is 5.89. The molecule has 1 aromatic rings. The van der Waals surface area contributed by atoms with E-state index in [1.807, 2.05) is 13.0 Å². The Labute approximate surface area is 126 Å². The Morgan fingerprint density at radius 3 is 2.43 bits per heavy atom. The van der Waals surface area contributed by atoms with Crippen LogP contribution in [0.25, 0.3) is 0 Å². The van der Waals surface area contributed by atoms with Gasteiger partial charge in [0, 0.05) is 37.9 Å². The van der Waals surface area contributed by atoms with Gasteiger partial charge in [-0.15, -0.1) is 0 Å². The first-order valence-electron chi connectivity index (χ1n) is 7.65. The molecule has 116 valence electrons. The number of aryl methyl sites for hydroxylation is 1. The third-order valence-corrected chi connectivity index (χ3v) is 6.41. The number of rotatable bonds is 4. The molecule has 0 bridgehead atoms. The topological polar surface area (TPSA) is 66.6 Å². The molecule has 21 heavy (non-hydrogen) atoms. The van der Waals surface area contributed by atoms with Crippen LogP contribution in [0.15, 0.2) is 23.1 Å². The maximum absolute atomic E-state index is 12.9. The molecule has 0 amide bonds. The average Bonchev–Trinajstić information content (AvgIpc) is 3.32. The fraction of sp³-hybridized carbons (Fsp3) is 0.600. The van der Waals surface area contributed by atoms with Crippen LogP contribution in [0.5, 0.6) is 0 Å². The molecule has 0 unspecified atom stereocenters. The van der Waals surface area contributed by atoms with Crippen LogP contribution in [-0.4, -0.2) is 49.8 Å². The zero-order valence-electron chi connectivity index (χ0n) is 12.5. The minimum atomic E-state index is -3.43. The van der Waals surface area contributed by atoms with Crippen LogP contribution in [0.4, 0.5) is 5.69 Å². The van der Waals surface area contributed by atoms with Gasteiger partial charge in [0.15, 0.2) is 0 Å². The highest BCUT2D eigenvalue weighted by Gasteiger charge is 2.35. The van der Waals surface area contributed by atoms with Crippen molar-refractivity contribution in [1.82, 2.24) is 9.21 Å². The van der Waals surface area contributed by atoms with Crippen LogP contribution in [0.1, 0.15) is 25.3 Å². The summed E-state index contributed by atoms with van der Waals surface area (Å²) >= 11 is 0. The zero-order chi connectivity index (χ0) is 15.0. The summed E-state index contributed by atoms with van der Waals surface area (Å²) in [6.45, 7) is 4.81. The van der Waals surface area contributed by atoms with Gasteiger partial charge in [-0.3, -0.25) is 4.90 Å². The quantitative estimate of drug-likeness (QED) is 0.851. The smallest absolute Gasteiger partial charge is 0.243 e. The van der Waals surface area contributed by atoms with Crippen molar-refractivity contribution in [3.63, 3.8) is 0 Å². The Bertz CT molecular complexity index is 618. The molecule has 2 fully saturated rings. The normalized spacial score (nSPS) is 21.6. The molecule has 5 nitrogen and oxygen atoms in total. The lowest BCUT2D eigenvalue weighted by atomic mass is 10.1. The van der Waals surface area contributed by atoms with E-state index in [0.29, 0.717) is 36.1 Å². The maximum Gasteiger partial charge on any atom is 0.243 e. The van der Waals surface area contributed by atoms with Crippen LogP contribution in [0.3, 0.4) is 0 Å². The minimum Gasteiger partial charge on any atom is -0.399 e. The fourth-order valence-electron chi connectivity index (χ4n) is 2.99. The molecule has 6 heteroatoms. The highest BCUT2D eigenvalue weighted by molar-refractivity contribution is 7.89. The molecule has 0 atom stereocenters.